The average Bonchev–Trinajstić information content (AvgIpc) is 3.36. The summed E-state index contributed by atoms with van der Waals surface area (Å²) in [5.74, 6) is -0.667. The van der Waals surface area contributed by atoms with Crippen LogP contribution in [0.1, 0.15) is 27.8 Å². The second-order valence-electron chi connectivity index (χ2n) is 5.75. The van der Waals surface area contributed by atoms with Crippen LogP contribution in [0.3, 0.4) is 0 Å². The van der Waals surface area contributed by atoms with Gasteiger partial charge in [0.1, 0.15) is 11.4 Å². The fraction of sp³-hybridized carbons (Fsp3) is 0.158. The maximum atomic E-state index is 12.0. The van der Waals surface area contributed by atoms with Gasteiger partial charge in [0.25, 0.3) is 5.91 Å². The number of H-pyrrole nitrogens is 1. The second-order valence-corrected chi connectivity index (χ2v) is 6.61. The monoisotopic (exact) mass is 399 g/mol. The van der Waals surface area contributed by atoms with E-state index >= 15 is 0 Å². The summed E-state index contributed by atoms with van der Waals surface area (Å²) in [4.78, 5) is 42.1. The standard InChI is InChI=1S/C19H17N3O5S/c1-11(23)13-7-15(20-8-13)18(25)27-9-17(24)22-19-21-16(10-28-19)12-3-5-14(26-2)6-4-12/h3-8,10,20H,9H2,1-2H3,(H,21,22,24). The molecule has 0 fully saturated rings. The summed E-state index contributed by atoms with van der Waals surface area (Å²) in [7, 11) is 1.59. The van der Waals surface area contributed by atoms with E-state index in [1.807, 2.05) is 29.6 Å². The molecule has 0 bridgehead atoms. The molecule has 0 aliphatic carbocycles. The van der Waals surface area contributed by atoms with E-state index in [2.05, 4.69) is 15.3 Å². The van der Waals surface area contributed by atoms with E-state index in [-0.39, 0.29) is 11.5 Å². The highest BCUT2D eigenvalue weighted by atomic mass is 32.1. The van der Waals surface area contributed by atoms with Gasteiger partial charge in [-0.05, 0) is 37.3 Å². The number of nitrogens with one attached hydrogen (secondary N) is 2. The maximum absolute atomic E-state index is 12.0. The molecule has 2 N–H and O–H groups in total. The molecule has 0 spiro atoms. The van der Waals surface area contributed by atoms with Gasteiger partial charge >= 0.3 is 5.97 Å². The molecular weight excluding hydrogens is 382 g/mol. The van der Waals surface area contributed by atoms with Crippen molar-refractivity contribution in [2.75, 3.05) is 19.0 Å². The largest absolute Gasteiger partial charge is 0.497 e. The van der Waals surface area contributed by atoms with Gasteiger partial charge in [-0.25, -0.2) is 9.78 Å². The zero-order valence-electron chi connectivity index (χ0n) is 15.1. The number of benzene rings is 1. The van der Waals surface area contributed by atoms with Crippen molar-refractivity contribution in [2.24, 2.45) is 0 Å². The van der Waals surface area contributed by atoms with Crippen LogP contribution in [-0.4, -0.2) is 41.3 Å². The smallest absolute Gasteiger partial charge is 0.355 e. The number of nitrogens with zero attached hydrogens (tertiary/aromatic N) is 1. The fourth-order valence-corrected chi connectivity index (χ4v) is 3.04. The number of ketones is 1. The zero-order valence-corrected chi connectivity index (χ0v) is 16.0. The molecule has 0 unspecified atom stereocenters. The van der Waals surface area contributed by atoms with Crippen molar-refractivity contribution in [1.29, 1.82) is 0 Å². The van der Waals surface area contributed by atoms with E-state index in [0.29, 0.717) is 16.4 Å². The quantitative estimate of drug-likeness (QED) is 0.466. The van der Waals surface area contributed by atoms with Gasteiger partial charge in [-0.2, -0.15) is 0 Å². The van der Waals surface area contributed by atoms with Crippen LogP contribution < -0.4 is 10.1 Å². The number of carbonyl (C=O) groups excluding carboxylic acids is 3. The first-order valence-corrected chi connectivity index (χ1v) is 9.10. The lowest BCUT2D eigenvalue weighted by Gasteiger charge is -2.03. The van der Waals surface area contributed by atoms with Crippen molar-refractivity contribution in [3.05, 3.63) is 53.2 Å². The maximum Gasteiger partial charge on any atom is 0.355 e. The molecule has 2 aromatic heterocycles. The van der Waals surface area contributed by atoms with Gasteiger partial charge in [-0.3, -0.25) is 14.9 Å². The number of amides is 1. The third kappa shape index (κ3) is 4.63. The van der Waals surface area contributed by atoms with Crippen LogP contribution in [0.25, 0.3) is 11.3 Å². The molecule has 1 amide bonds. The summed E-state index contributed by atoms with van der Waals surface area (Å²) >= 11 is 1.26. The van der Waals surface area contributed by atoms with Gasteiger partial charge in [-0.1, -0.05) is 0 Å². The first-order valence-electron chi connectivity index (χ1n) is 8.22. The van der Waals surface area contributed by atoms with E-state index in [0.717, 1.165) is 11.3 Å². The van der Waals surface area contributed by atoms with E-state index in [1.165, 1.54) is 30.5 Å². The summed E-state index contributed by atoms with van der Waals surface area (Å²) in [5.41, 5.74) is 2.07. The van der Waals surface area contributed by atoms with Gasteiger partial charge in [-0.15, -0.1) is 11.3 Å². The molecule has 9 heteroatoms. The number of Topliss-reactive ketones (excluding diaryl/α,β-unsaturated/α-hetero) is 1. The Morgan fingerprint density at radius 1 is 1.21 bits per heavy atom. The number of ether oxygens (including phenoxy) is 2. The fourth-order valence-electron chi connectivity index (χ4n) is 2.31. The normalized spacial score (nSPS) is 10.4. The molecule has 1 aromatic carbocycles. The van der Waals surface area contributed by atoms with Gasteiger partial charge in [0, 0.05) is 22.7 Å². The topological polar surface area (TPSA) is 110 Å². The van der Waals surface area contributed by atoms with Crippen molar-refractivity contribution in [1.82, 2.24) is 9.97 Å². The molecule has 0 aliphatic heterocycles. The highest BCUT2D eigenvalue weighted by Gasteiger charge is 2.15. The molecular formula is C19H17N3O5S. The summed E-state index contributed by atoms with van der Waals surface area (Å²) in [5, 5.41) is 4.79. The SMILES string of the molecule is COc1ccc(-c2csc(NC(=O)COC(=O)c3cc(C(C)=O)c[nH]3)n2)cc1. The first-order chi connectivity index (χ1) is 13.5. The highest BCUT2D eigenvalue weighted by molar-refractivity contribution is 7.14. The van der Waals surface area contributed by atoms with Crippen LogP contribution >= 0.6 is 11.3 Å². The highest BCUT2D eigenvalue weighted by Crippen LogP contribution is 2.26. The number of carbonyl (C=O) groups is 3. The van der Waals surface area contributed by atoms with Gasteiger partial charge in [0.15, 0.2) is 17.5 Å². The lowest BCUT2D eigenvalue weighted by atomic mass is 10.2. The molecule has 0 saturated carbocycles. The van der Waals surface area contributed by atoms with Crippen LogP contribution in [0.4, 0.5) is 5.13 Å². The van der Waals surface area contributed by atoms with Crippen LogP contribution in [-0.2, 0) is 9.53 Å². The number of methoxy groups -OCH3 is 1. The van der Waals surface area contributed by atoms with Gasteiger partial charge < -0.3 is 14.5 Å². The third-order valence-electron chi connectivity index (χ3n) is 3.78. The molecule has 2 heterocycles. The molecule has 0 atom stereocenters. The molecule has 0 aliphatic rings. The number of hydrogen-bond donors (Lipinski definition) is 2. The van der Waals surface area contributed by atoms with E-state index < -0.39 is 18.5 Å². The predicted octanol–water partition coefficient (Wildman–Crippen LogP) is 3.14. The molecule has 3 aromatic rings. The van der Waals surface area contributed by atoms with Gasteiger partial charge in [0.05, 0.1) is 12.8 Å². The Morgan fingerprint density at radius 3 is 2.61 bits per heavy atom. The molecule has 28 heavy (non-hydrogen) atoms. The zero-order chi connectivity index (χ0) is 20.1. The number of esters is 1. The number of aromatic nitrogens is 2. The molecule has 3 rings (SSSR count). The van der Waals surface area contributed by atoms with Crippen molar-refractivity contribution in [2.45, 2.75) is 6.92 Å². The number of hydrogen-bond acceptors (Lipinski definition) is 7. The Kier molecular flexibility index (Phi) is 5.85. The first kappa shape index (κ1) is 19.3. The molecule has 144 valence electrons. The summed E-state index contributed by atoms with van der Waals surface area (Å²) in [6.45, 7) is 0.921. The van der Waals surface area contributed by atoms with Crippen molar-refractivity contribution in [3.63, 3.8) is 0 Å². The lowest BCUT2D eigenvalue weighted by Crippen LogP contribution is -2.21. The van der Waals surface area contributed by atoms with E-state index in [4.69, 9.17) is 9.47 Å². The number of aromatic amines is 1. The van der Waals surface area contributed by atoms with Gasteiger partial charge in [0.2, 0.25) is 0 Å². The Morgan fingerprint density at radius 2 is 1.96 bits per heavy atom. The third-order valence-corrected chi connectivity index (χ3v) is 4.54. The number of thiazole rings is 1. The Hall–Kier alpha value is -3.46. The summed E-state index contributed by atoms with van der Waals surface area (Å²) in [6.07, 6.45) is 1.41. The Bertz CT molecular complexity index is 1010. The summed E-state index contributed by atoms with van der Waals surface area (Å²) < 4.78 is 10.1. The minimum atomic E-state index is -0.722. The van der Waals surface area contributed by atoms with Crippen molar-refractivity contribution >= 4 is 34.1 Å². The Labute approximate surface area is 164 Å². The van der Waals surface area contributed by atoms with Crippen LogP contribution in [0, 0.1) is 0 Å². The second kappa shape index (κ2) is 8.49. The summed E-state index contributed by atoms with van der Waals surface area (Å²) in [6, 6.07) is 8.76. The molecule has 0 saturated heterocycles. The minimum absolute atomic E-state index is 0.106. The van der Waals surface area contributed by atoms with E-state index in [9.17, 15) is 14.4 Å². The number of anilines is 1. The lowest BCUT2D eigenvalue weighted by molar-refractivity contribution is -0.119. The molecule has 0 radical (unpaired) electrons. The van der Waals surface area contributed by atoms with Crippen LogP contribution in [0.15, 0.2) is 41.9 Å². The van der Waals surface area contributed by atoms with Crippen LogP contribution in [0.5, 0.6) is 5.75 Å². The average molecular weight is 399 g/mol. The predicted molar refractivity (Wildman–Crippen MR) is 104 cm³/mol. The van der Waals surface area contributed by atoms with Crippen LogP contribution in [0.2, 0.25) is 0 Å². The number of rotatable bonds is 7. The molecule has 8 nitrogen and oxygen atoms in total. The minimum Gasteiger partial charge on any atom is -0.497 e. The van der Waals surface area contributed by atoms with E-state index in [1.54, 1.807) is 7.11 Å². The van der Waals surface area contributed by atoms with Crippen molar-refractivity contribution in [3.8, 4) is 17.0 Å². The van der Waals surface area contributed by atoms with Crippen molar-refractivity contribution < 1.29 is 23.9 Å². The Balaban J connectivity index is 1.54.